The first-order valence-electron chi connectivity index (χ1n) is 12.7. The molecule has 1 aromatic heterocycles. The zero-order valence-electron chi connectivity index (χ0n) is 22.3. The van der Waals surface area contributed by atoms with Gasteiger partial charge in [-0.15, -0.1) is 0 Å². The fourth-order valence-electron chi connectivity index (χ4n) is 4.27. The lowest BCUT2D eigenvalue weighted by atomic mass is 9.89. The highest BCUT2D eigenvalue weighted by Crippen LogP contribution is 2.28. The van der Waals surface area contributed by atoms with Crippen molar-refractivity contribution in [3.05, 3.63) is 113 Å². The number of hydrogen-bond acceptors (Lipinski definition) is 7. The summed E-state index contributed by atoms with van der Waals surface area (Å²) < 4.78 is 10.6. The molecule has 4 rings (SSSR count). The maximum atomic E-state index is 13.9. The van der Waals surface area contributed by atoms with Gasteiger partial charge in [0.2, 0.25) is 11.8 Å². The average molecular weight is 541 g/mol. The number of benzene rings is 3. The number of methoxy groups -OCH3 is 2. The van der Waals surface area contributed by atoms with Crippen LogP contribution in [0.4, 0.5) is 5.82 Å². The molecular formula is C31H32N4O5. The number of carbonyl (C=O) groups excluding carboxylic acids is 2. The molecule has 9 nitrogen and oxygen atoms in total. The highest BCUT2D eigenvalue weighted by atomic mass is 16.5. The Kier molecular flexibility index (Phi) is 9.19. The van der Waals surface area contributed by atoms with Crippen LogP contribution in [0.5, 0.6) is 17.2 Å². The predicted molar refractivity (Wildman–Crippen MR) is 152 cm³/mol. The first-order chi connectivity index (χ1) is 19.4. The number of pyridine rings is 1. The Morgan fingerprint density at radius 1 is 0.800 bits per heavy atom. The average Bonchev–Trinajstić information content (AvgIpc) is 2.98. The van der Waals surface area contributed by atoms with Crippen LogP contribution >= 0.6 is 0 Å². The van der Waals surface area contributed by atoms with E-state index in [1.54, 1.807) is 81.1 Å². The van der Waals surface area contributed by atoms with E-state index < -0.39 is 12.0 Å². The number of hydrogen-bond donors (Lipinski definition) is 4. The van der Waals surface area contributed by atoms with Gasteiger partial charge >= 0.3 is 0 Å². The van der Waals surface area contributed by atoms with E-state index in [1.807, 2.05) is 24.3 Å². The second kappa shape index (κ2) is 13.1. The van der Waals surface area contributed by atoms with E-state index in [0.717, 1.165) is 22.3 Å². The summed E-state index contributed by atoms with van der Waals surface area (Å²) in [6, 6.07) is 23.6. The van der Waals surface area contributed by atoms with Gasteiger partial charge in [-0.25, -0.2) is 4.98 Å². The van der Waals surface area contributed by atoms with Gasteiger partial charge in [0.15, 0.2) is 0 Å². The quantitative estimate of drug-likeness (QED) is 0.228. The second-order valence-corrected chi connectivity index (χ2v) is 9.22. The van der Waals surface area contributed by atoms with E-state index in [-0.39, 0.29) is 30.5 Å². The summed E-state index contributed by atoms with van der Waals surface area (Å²) in [5.74, 6) is 0.429. The van der Waals surface area contributed by atoms with Crippen LogP contribution in [0, 0.1) is 0 Å². The maximum absolute atomic E-state index is 13.9. The van der Waals surface area contributed by atoms with Gasteiger partial charge in [-0.05, 0) is 64.7 Å². The number of nitrogens with one attached hydrogen (secondary N) is 2. The van der Waals surface area contributed by atoms with Gasteiger partial charge in [0, 0.05) is 19.2 Å². The monoisotopic (exact) mass is 540 g/mol. The Bertz CT molecular complexity index is 1360. The lowest BCUT2D eigenvalue weighted by Crippen LogP contribution is -2.49. The summed E-state index contributed by atoms with van der Waals surface area (Å²) in [5, 5.41) is 15.4. The third-order valence-electron chi connectivity index (χ3n) is 6.48. The standard InChI is InChI=1S/C31H32N4O5/c1-39-25-12-6-22(7-13-25)29(23-8-14-26(40-2)15-9-23)31(38)35-27(17-21-5-16-28(32)33-19-21)30(37)34-18-20-3-10-24(36)11-4-20/h3-16,19,27,29,36H,17-18H2,1-2H3,(H2,32,33)(H,34,37)(H,35,38). The summed E-state index contributed by atoms with van der Waals surface area (Å²) >= 11 is 0. The molecule has 0 saturated heterocycles. The van der Waals surface area contributed by atoms with Crippen molar-refractivity contribution in [3.63, 3.8) is 0 Å². The van der Waals surface area contributed by atoms with Gasteiger partial charge in [-0.3, -0.25) is 9.59 Å². The van der Waals surface area contributed by atoms with E-state index in [4.69, 9.17) is 15.2 Å². The van der Waals surface area contributed by atoms with Crippen LogP contribution in [-0.2, 0) is 22.6 Å². The minimum atomic E-state index is -0.894. The van der Waals surface area contributed by atoms with Gasteiger partial charge in [0.1, 0.15) is 29.1 Å². The van der Waals surface area contributed by atoms with E-state index in [9.17, 15) is 14.7 Å². The van der Waals surface area contributed by atoms with Gasteiger partial charge in [0.05, 0.1) is 20.1 Å². The molecule has 40 heavy (non-hydrogen) atoms. The van der Waals surface area contributed by atoms with Gasteiger partial charge in [-0.1, -0.05) is 42.5 Å². The van der Waals surface area contributed by atoms with Crippen molar-refractivity contribution in [1.29, 1.82) is 0 Å². The fourth-order valence-corrected chi connectivity index (χ4v) is 4.27. The summed E-state index contributed by atoms with van der Waals surface area (Å²) in [4.78, 5) is 31.4. The first-order valence-corrected chi connectivity index (χ1v) is 12.7. The SMILES string of the molecule is COc1ccc(C(C(=O)NC(Cc2ccc(N)nc2)C(=O)NCc2ccc(O)cc2)c2ccc(OC)cc2)cc1. The number of nitrogens with zero attached hydrogens (tertiary/aromatic N) is 1. The second-order valence-electron chi connectivity index (χ2n) is 9.22. The Morgan fingerprint density at radius 2 is 1.35 bits per heavy atom. The molecule has 206 valence electrons. The number of aromatic nitrogens is 1. The van der Waals surface area contributed by atoms with Crippen molar-refractivity contribution in [2.45, 2.75) is 24.9 Å². The largest absolute Gasteiger partial charge is 0.508 e. The van der Waals surface area contributed by atoms with Crippen LogP contribution in [0.1, 0.15) is 28.2 Å². The number of rotatable bonds is 11. The van der Waals surface area contributed by atoms with Crippen LogP contribution in [0.2, 0.25) is 0 Å². The first kappa shape index (κ1) is 28.0. The number of ether oxygens (including phenoxy) is 2. The number of phenols is 1. The minimum Gasteiger partial charge on any atom is -0.508 e. The summed E-state index contributed by atoms with van der Waals surface area (Å²) in [6.07, 6.45) is 1.80. The van der Waals surface area contributed by atoms with Crippen LogP contribution in [0.25, 0.3) is 0 Å². The highest BCUT2D eigenvalue weighted by molar-refractivity contribution is 5.92. The third kappa shape index (κ3) is 7.28. The summed E-state index contributed by atoms with van der Waals surface area (Å²) in [5.41, 5.74) is 8.75. The van der Waals surface area contributed by atoms with E-state index in [1.165, 1.54) is 0 Å². The minimum absolute atomic E-state index is 0.138. The molecule has 0 aliphatic heterocycles. The lowest BCUT2D eigenvalue weighted by Gasteiger charge is -2.23. The summed E-state index contributed by atoms with van der Waals surface area (Å²) in [7, 11) is 3.16. The van der Waals surface area contributed by atoms with E-state index >= 15 is 0 Å². The predicted octanol–water partition coefficient (Wildman–Crippen LogP) is 3.56. The zero-order chi connectivity index (χ0) is 28.5. The number of nitrogens with two attached hydrogens (primary N) is 1. The van der Waals surface area contributed by atoms with Crippen molar-refractivity contribution in [2.24, 2.45) is 0 Å². The molecule has 0 saturated carbocycles. The maximum Gasteiger partial charge on any atom is 0.243 e. The highest BCUT2D eigenvalue weighted by Gasteiger charge is 2.28. The van der Waals surface area contributed by atoms with Gasteiger partial charge < -0.3 is 30.9 Å². The number of anilines is 1. The van der Waals surface area contributed by atoms with E-state index in [0.29, 0.717) is 17.3 Å². The van der Waals surface area contributed by atoms with Crippen LogP contribution in [0.3, 0.4) is 0 Å². The number of carbonyl (C=O) groups is 2. The number of phenolic OH excluding ortho intramolecular Hbond substituents is 1. The molecule has 1 heterocycles. The molecule has 1 unspecified atom stereocenters. The number of amides is 2. The Balaban J connectivity index is 1.61. The molecule has 0 aliphatic rings. The molecule has 0 radical (unpaired) electrons. The molecule has 1 atom stereocenters. The molecule has 0 aliphatic carbocycles. The van der Waals surface area contributed by atoms with Gasteiger partial charge in [-0.2, -0.15) is 0 Å². The summed E-state index contributed by atoms with van der Waals surface area (Å²) in [6.45, 7) is 0.228. The molecule has 4 aromatic rings. The van der Waals surface area contributed by atoms with Gasteiger partial charge in [0.25, 0.3) is 0 Å². The number of nitrogen functional groups attached to an aromatic ring is 1. The molecule has 9 heteroatoms. The molecule has 0 bridgehead atoms. The van der Waals surface area contributed by atoms with Crippen molar-refractivity contribution in [2.75, 3.05) is 20.0 Å². The van der Waals surface area contributed by atoms with Crippen LogP contribution < -0.4 is 25.8 Å². The number of aromatic hydroxyl groups is 1. The lowest BCUT2D eigenvalue weighted by molar-refractivity contribution is -0.129. The Hall–Kier alpha value is -5.05. The topological polar surface area (TPSA) is 136 Å². The smallest absolute Gasteiger partial charge is 0.243 e. The molecule has 0 fully saturated rings. The van der Waals surface area contributed by atoms with Crippen LogP contribution in [-0.4, -0.2) is 42.2 Å². The van der Waals surface area contributed by atoms with Crippen molar-refractivity contribution < 1.29 is 24.2 Å². The van der Waals surface area contributed by atoms with Crippen molar-refractivity contribution in [3.8, 4) is 17.2 Å². The Morgan fingerprint density at radius 3 is 1.85 bits per heavy atom. The Labute approximate surface area is 233 Å². The molecule has 0 spiro atoms. The third-order valence-corrected chi connectivity index (χ3v) is 6.48. The molecule has 3 aromatic carbocycles. The zero-order valence-corrected chi connectivity index (χ0v) is 22.3. The molecular weight excluding hydrogens is 508 g/mol. The van der Waals surface area contributed by atoms with Crippen molar-refractivity contribution in [1.82, 2.24) is 15.6 Å². The van der Waals surface area contributed by atoms with Crippen LogP contribution in [0.15, 0.2) is 91.1 Å². The van der Waals surface area contributed by atoms with E-state index in [2.05, 4.69) is 15.6 Å². The van der Waals surface area contributed by atoms with Crippen molar-refractivity contribution >= 4 is 17.6 Å². The molecule has 2 amide bonds. The normalized spacial score (nSPS) is 11.5. The fraction of sp³-hybridized carbons (Fsp3) is 0.194. The molecule has 5 N–H and O–H groups in total.